The number of hydrogen-bond acceptors (Lipinski definition) is 4. The van der Waals surface area contributed by atoms with E-state index >= 15 is 0 Å². The molecule has 0 unspecified atom stereocenters. The molecule has 30 heavy (non-hydrogen) atoms. The first-order valence-electron chi connectivity index (χ1n) is 11.7. The minimum Gasteiger partial charge on any atom is -0.376 e. The Morgan fingerprint density at radius 3 is 2.67 bits per heavy atom. The summed E-state index contributed by atoms with van der Waals surface area (Å²) < 4.78 is 5.63. The van der Waals surface area contributed by atoms with Crippen LogP contribution in [0.1, 0.15) is 75.6 Å². The van der Waals surface area contributed by atoms with Crippen molar-refractivity contribution in [1.82, 2.24) is 5.32 Å². The van der Waals surface area contributed by atoms with Gasteiger partial charge in [0.25, 0.3) is 5.91 Å². The van der Waals surface area contributed by atoms with Gasteiger partial charge >= 0.3 is 0 Å². The lowest BCUT2D eigenvalue weighted by atomic mass is 9.98. The predicted molar refractivity (Wildman–Crippen MR) is 121 cm³/mol. The van der Waals surface area contributed by atoms with E-state index in [-0.39, 0.29) is 23.8 Å². The van der Waals surface area contributed by atoms with Crippen LogP contribution < -0.4 is 15.5 Å². The molecule has 6 heteroatoms. The van der Waals surface area contributed by atoms with Gasteiger partial charge in [-0.1, -0.05) is 26.7 Å². The highest BCUT2D eigenvalue weighted by atomic mass is 16.5. The number of carbonyl (C=O) groups excluding carboxylic acids is 2. The third-order valence-electron chi connectivity index (χ3n) is 6.24. The molecule has 0 bridgehead atoms. The number of benzene rings is 1. The van der Waals surface area contributed by atoms with E-state index < -0.39 is 0 Å². The molecule has 2 amide bonds. The molecule has 3 rings (SSSR count). The smallest absolute Gasteiger partial charge is 0.253 e. The van der Waals surface area contributed by atoms with Gasteiger partial charge in [-0.25, -0.2) is 0 Å². The highest BCUT2D eigenvalue weighted by Gasteiger charge is 2.23. The molecule has 166 valence electrons. The number of rotatable bonds is 10. The van der Waals surface area contributed by atoms with Crippen LogP contribution in [0, 0.1) is 5.92 Å². The van der Waals surface area contributed by atoms with Crippen LogP contribution in [0.2, 0.25) is 0 Å². The third kappa shape index (κ3) is 5.97. The molecule has 2 aliphatic rings. The molecule has 0 spiro atoms. The number of unbranched alkanes of at least 4 members (excludes halogenated alkanes) is 1. The molecule has 0 aromatic heterocycles. The highest BCUT2D eigenvalue weighted by molar-refractivity contribution is 6.02. The second-order valence-corrected chi connectivity index (χ2v) is 8.51. The van der Waals surface area contributed by atoms with Crippen molar-refractivity contribution in [3.63, 3.8) is 0 Å². The first-order valence-corrected chi connectivity index (χ1v) is 11.7. The van der Waals surface area contributed by atoms with Crippen molar-refractivity contribution < 1.29 is 14.3 Å². The second-order valence-electron chi connectivity index (χ2n) is 8.51. The molecular weight excluding hydrogens is 378 g/mol. The van der Waals surface area contributed by atoms with Gasteiger partial charge in [-0.15, -0.1) is 0 Å². The summed E-state index contributed by atoms with van der Waals surface area (Å²) >= 11 is 0. The van der Waals surface area contributed by atoms with E-state index in [1.807, 2.05) is 18.2 Å². The summed E-state index contributed by atoms with van der Waals surface area (Å²) in [7, 11) is 0. The van der Waals surface area contributed by atoms with E-state index in [0.717, 1.165) is 76.8 Å². The van der Waals surface area contributed by atoms with E-state index in [1.54, 1.807) is 0 Å². The molecule has 6 nitrogen and oxygen atoms in total. The Hall–Kier alpha value is -2.08. The zero-order chi connectivity index (χ0) is 21.3. The number of ether oxygens (including phenoxy) is 1. The molecule has 0 aliphatic carbocycles. The minimum atomic E-state index is -0.0958. The molecular formula is C24H37N3O3. The lowest BCUT2D eigenvalue weighted by Crippen LogP contribution is -2.33. The lowest BCUT2D eigenvalue weighted by Gasteiger charge is -2.23. The van der Waals surface area contributed by atoms with E-state index in [4.69, 9.17) is 4.74 Å². The molecule has 1 aromatic rings. The summed E-state index contributed by atoms with van der Waals surface area (Å²) in [5.74, 6) is -0.0351. The fraction of sp³-hybridized carbons (Fsp3) is 0.667. The Morgan fingerprint density at radius 1 is 1.20 bits per heavy atom. The van der Waals surface area contributed by atoms with Gasteiger partial charge in [0.15, 0.2) is 0 Å². The summed E-state index contributed by atoms with van der Waals surface area (Å²) in [5, 5.41) is 6.09. The monoisotopic (exact) mass is 415 g/mol. The van der Waals surface area contributed by atoms with E-state index in [0.29, 0.717) is 17.8 Å². The van der Waals surface area contributed by atoms with Crippen LogP contribution in [-0.2, 0) is 9.53 Å². The molecule has 0 radical (unpaired) electrons. The average Bonchev–Trinajstić information content (AvgIpc) is 3.47. The van der Waals surface area contributed by atoms with Gasteiger partial charge in [0.2, 0.25) is 5.91 Å². The summed E-state index contributed by atoms with van der Waals surface area (Å²) in [6.07, 6.45) is 8.31. The van der Waals surface area contributed by atoms with Crippen molar-refractivity contribution in [3.8, 4) is 0 Å². The van der Waals surface area contributed by atoms with Crippen LogP contribution in [0.25, 0.3) is 0 Å². The van der Waals surface area contributed by atoms with Crippen LogP contribution >= 0.6 is 0 Å². The number of carbonyl (C=O) groups is 2. The van der Waals surface area contributed by atoms with E-state index in [1.165, 1.54) is 0 Å². The first kappa shape index (κ1) is 22.6. The maximum absolute atomic E-state index is 13.0. The zero-order valence-corrected chi connectivity index (χ0v) is 18.5. The molecule has 2 aliphatic heterocycles. The van der Waals surface area contributed by atoms with Crippen molar-refractivity contribution >= 4 is 23.2 Å². The number of amides is 2. The minimum absolute atomic E-state index is 0.0139. The molecule has 2 N–H and O–H groups in total. The Labute approximate surface area is 180 Å². The van der Waals surface area contributed by atoms with Gasteiger partial charge in [0.05, 0.1) is 11.7 Å². The third-order valence-corrected chi connectivity index (χ3v) is 6.24. The van der Waals surface area contributed by atoms with E-state index in [2.05, 4.69) is 29.4 Å². The topological polar surface area (TPSA) is 70.7 Å². The van der Waals surface area contributed by atoms with Crippen LogP contribution in [0.3, 0.4) is 0 Å². The van der Waals surface area contributed by atoms with Crippen molar-refractivity contribution in [2.75, 3.05) is 36.5 Å². The molecule has 2 saturated heterocycles. The summed E-state index contributed by atoms with van der Waals surface area (Å²) in [6.45, 7) is 7.43. The van der Waals surface area contributed by atoms with Gasteiger partial charge in [-0.2, -0.15) is 0 Å². The quantitative estimate of drug-likeness (QED) is 0.596. The van der Waals surface area contributed by atoms with Gasteiger partial charge in [0, 0.05) is 43.5 Å². The van der Waals surface area contributed by atoms with Crippen LogP contribution in [0.5, 0.6) is 0 Å². The largest absolute Gasteiger partial charge is 0.376 e. The van der Waals surface area contributed by atoms with Gasteiger partial charge < -0.3 is 20.3 Å². The Morgan fingerprint density at radius 2 is 2.00 bits per heavy atom. The van der Waals surface area contributed by atoms with Crippen molar-refractivity contribution in [2.24, 2.45) is 5.92 Å². The standard InChI is InChI=1S/C24H37N3O3/c1-3-5-9-18(4-2)23(28)26-19-11-12-22(27-13-6-7-14-27)21(16-19)24(29)25-17-20-10-8-15-30-20/h11-12,16,18,20H,3-10,13-15,17H2,1-2H3,(H,25,29)(H,26,28)/t18-,20-/m0/s1. The number of hydrogen-bond donors (Lipinski definition) is 2. The Bertz CT molecular complexity index is 710. The van der Waals surface area contributed by atoms with Crippen molar-refractivity contribution in [2.45, 2.75) is 71.3 Å². The average molecular weight is 416 g/mol. The number of nitrogens with zero attached hydrogens (tertiary/aromatic N) is 1. The van der Waals surface area contributed by atoms with Crippen molar-refractivity contribution in [1.29, 1.82) is 0 Å². The van der Waals surface area contributed by atoms with Crippen LogP contribution in [0.4, 0.5) is 11.4 Å². The van der Waals surface area contributed by atoms with Gasteiger partial charge in [-0.3, -0.25) is 9.59 Å². The Balaban J connectivity index is 1.73. The fourth-order valence-electron chi connectivity index (χ4n) is 4.35. The van der Waals surface area contributed by atoms with Crippen LogP contribution in [0.15, 0.2) is 18.2 Å². The second kappa shape index (κ2) is 11.3. The maximum atomic E-state index is 13.0. The molecule has 0 saturated carbocycles. The number of anilines is 2. The maximum Gasteiger partial charge on any atom is 0.253 e. The normalized spacial score (nSPS) is 19.7. The SMILES string of the molecule is CCCC[C@H](CC)C(=O)Nc1ccc(N2CCCC2)c(C(=O)NC[C@@H]2CCCO2)c1. The van der Waals surface area contributed by atoms with E-state index in [9.17, 15) is 9.59 Å². The lowest BCUT2D eigenvalue weighted by molar-refractivity contribution is -0.120. The zero-order valence-electron chi connectivity index (χ0n) is 18.5. The van der Waals surface area contributed by atoms with Crippen LogP contribution in [-0.4, -0.2) is 44.2 Å². The summed E-state index contributed by atoms with van der Waals surface area (Å²) in [6, 6.07) is 5.74. The molecule has 2 atom stereocenters. The molecule has 2 heterocycles. The summed E-state index contributed by atoms with van der Waals surface area (Å²) in [4.78, 5) is 28.0. The number of nitrogens with one attached hydrogen (secondary N) is 2. The molecule has 1 aromatic carbocycles. The highest BCUT2D eigenvalue weighted by Crippen LogP contribution is 2.28. The summed E-state index contributed by atoms with van der Waals surface area (Å²) in [5.41, 5.74) is 2.28. The van der Waals surface area contributed by atoms with Gasteiger partial charge in [-0.05, 0) is 56.7 Å². The van der Waals surface area contributed by atoms with Crippen molar-refractivity contribution in [3.05, 3.63) is 23.8 Å². The Kier molecular flexibility index (Phi) is 8.55. The predicted octanol–water partition coefficient (Wildman–Crippen LogP) is 4.35. The fourth-order valence-corrected chi connectivity index (χ4v) is 4.35. The molecule has 2 fully saturated rings. The first-order chi connectivity index (χ1) is 14.6. The van der Waals surface area contributed by atoms with Gasteiger partial charge in [0.1, 0.15) is 0 Å².